The Hall–Kier alpha value is -1.49. The van der Waals surface area contributed by atoms with Gasteiger partial charge in [0.1, 0.15) is 12.4 Å². The summed E-state index contributed by atoms with van der Waals surface area (Å²) in [5.74, 6) is 2.02. The summed E-state index contributed by atoms with van der Waals surface area (Å²) in [6, 6.07) is 8.50. The molecule has 3 rings (SSSR count). The highest BCUT2D eigenvalue weighted by Gasteiger charge is 2.23. The van der Waals surface area contributed by atoms with Gasteiger partial charge in [-0.3, -0.25) is 4.79 Å². The van der Waals surface area contributed by atoms with E-state index in [1.165, 1.54) is 19.3 Å². The first kappa shape index (κ1) is 16.4. The van der Waals surface area contributed by atoms with E-state index in [9.17, 15) is 4.79 Å². The Morgan fingerprint density at radius 3 is 2.78 bits per heavy atom. The maximum Gasteiger partial charge on any atom is 0.242 e. The molecule has 2 aromatic rings. The number of nitrogens with zero attached hydrogens (tertiary/aromatic N) is 3. The Labute approximate surface area is 142 Å². The summed E-state index contributed by atoms with van der Waals surface area (Å²) in [4.78, 5) is 19.4. The number of rotatable bonds is 5. The van der Waals surface area contributed by atoms with Gasteiger partial charge < -0.3 is 9.47 Å². The summed E-state index contributed by atoms with van der Waals surface area (Å²) in [5.41, 5.74) is 2.03. The van der Waals surface area contributed by atoms with Crippen LogP contribution < -0.4 is 0 Å². The lowest BCUT2D eigenvalue weighted by molar-refractivity contribution is -0.133. The number of thioether (sulfide) groups is 1. The fourth-order valence-corrected chi connectivity index (χ4v) is 3.94. The molecule has 0 saturated heterocycles. The van der Waals surface area contributed by atoms with E-state index >= 15 is 0 Å². The molecular formula is C18H25N3OS. The predicted molar refractivity (Wildman–Crippen MR) is 96.6 cm³/mol. The molecule has 23 heavy (non-hydrogen) atoms. The number of carbonyl (C=O) groups excluding carboxylic acids is 1. The van der Waals surface area contributed by atoms with E-state index in [0.717, 1.165) is 35.5 Å². The lowest BCUT2D eigenvalue weighted by Gasteiger charge is -2.31. The maximum absolute atomic E-state index is 12.8. The molecule has 1 aliphatic carbocycles. The van der Waals surface area contributed by atoms with Crippen molar-refractivity contribution in [3.63, 3.8) is 0 Å². The minimum atomic E-state index is 0.197. The molecule has 124 valence electrons. The topological polar surface area (TPSA) is 38.1 Å². The number of likely N-dealkylation sites (N-methyl/N-ethyl adjacent to an activating group) is 1. The number of imidazole rings is 1. The number of hydrogen-bond donors (Lipinski definition) is 0. The number of hydrogen-bond acceptors (Lipinski definition) is 3. The summed E-state index contributed by atoms with van der Waals surface area (Å²) >= 11 is 1.74. The average Bonchev–Trinajstić information content (AvgIpc) is 2.93. The van der Waals surface area contributed by atoms with Gasteiger partial charge in [-0.05, 0) is 31.2 Å². The number of carbonyl (C=O) groups is 1. The molecule has 1 fully saturated rings. The smallest absolute Gasteiger partial charge is 0.242 e. The van der Waals surface area contributed by atoms with Crippen LogP contribution in [-0.2, 0) is 17.1 Å². The van der Waals surface area contributed by atoms with Gasteiger partial charge in [-0.2, -0.15) is 11.8 Å². The summed E-state index contributed by atoms with van der Waals surface area (Å²) in [5, 5.41) is 0. The average molecular weight is 331 g/mol. The number of benzene rings is 1. The van der Waals surface area contributed by atoms with Crippen molar-refractivity contribution < 1.29 is 4.79 Å². The third kappa shape index (κ3) is 3.55. The molecule has 0 spiro atoms. The molecule has 1 aromatic carbocycles. The molecule has 0 bridgehead atoms. The minimum Gasteiger partial charge on any atom is -0.341 e. The second kappa shape index (κ2) is 7.39. The highest BCUT2D eigenvalue weighted by Crippen LogP contribution is 2.23. The quantitative estimate of drug-likeness (QED) is 0.838. The van der Waals surface area contributed by atoms with Crippen molar-refractivity contribution in [2.24, 2.45) is 0 Å². The zero-order valence-electron chi connectivity index (χ0n) is 14.0. The van der Waals surface area contributed by atoms with E-state index in [1.54, 1.807) is 11.8 Å². The molecule has 1 aliphatic rings. The van der Waals surface area contributed by atoms with Gasteiger partial charge in [0.15, 0.2) is 0 Å². The monoisotopic (exact) mass is 331 g/mol. The van der Waals surface area contributed by atoms with Crippen molar-refractivity contribution in [1.29, 1.82) is 0 Å². The molecule has 0 aliphatic heterocycles. The molecule has 0 unspecified atom stereocenters. The van der Waals surface area contributed by atoms with E-state index in [2.05, 4.69) is 16.9 Å². The molecule has 4 nitrogen and oxygen atoms in total. The largest absolute Gasteiger partial charge is 0.341 e. The van der Waals surface area contributed by atoms with Crippen LogP contribution >= 0.6 is 11.8 Å². The van der Waals surface area contributed by atoms with Crippen molar-refractivity contribution in [2.45, 2.75) is 50.4 Å². The van der Waals surface area contributed by atoms with Crippen LogP contribution in [0.1, 0.15) is 37.9 Å². The number of amides is 1. The van der Waals surface area contributed by atoms with Crippen LogP contribution in [0, 0.1) is 0 Å². The predicted octanol–water partition coefficient (Wildman–Crippen LogP) is 3.69. The zero-order chi connectivity index (χ0) is 16.2. The first-order valence-electron chi connectivity index (χ1n) is 8.39. The Morgan fingerprint density at radius 2 is 2.04 bits per heavy atom. The van der Waals surface area contributed by atoms with Crippen molar-refractivity contribution in [2.75, 3.05) is 13.3 Å². The lowest BCUT2D eigenvalue weighted by Crippen LogP contribution is -2.40. The SMILES string of the molecule is CSCc1nc2ccccc2n1CC(=O)N(C)C1CCCCC1. The van der Waals surface area contributed by atoms with E-state index in [0.29, 0.717) is 12.6 Å². The van der Waals surface area contributed by atoms with E-state index in [1.807, 2.05) is 30.1 Å². The van der Waals surface area contributed by atoms with Gasteiger partial charge in [-0.15, -0.1) is 0 Å². The van der Waals surface area contributed by atoms with Crippen LogP contribution in [0.25, 0.3) is 11.0 Å². The molecule has 0 radical (unpaired) electrons. The molecule has 5 heteroatoms. The standard InChI is InChI=1S/C18H25N3OS/c1-20(14-8-4-3-5-9-14)18(22)12-21-16-11-7-6-10-15(16)19-17(21)13-23-2/h6-7,10-11,14H,3-5,8-9,12-13H2,1-2H3. The van der Waals surface area contributed by atoms with E-state index < -0.39 is 0 Å². The van der Waals surface area contributed by atoms with Crippen LogP contribution in [0.4, 0.5) is 0 Å². The maximum atomic E-state index is 12.8. The van der Waals surface area contributed by atoms with Crippen LogP contribution in [0.3, 0.4) is 0 Å². The third-order valence-electron chi connectivity index (χ3n) is 4.82. The molecule has 1 saturated carbocycles. The molecule has 1 amide bonds. The molecule has 1 aromatic heterocycles. The number of fused-ring (bicyclic) bond motifs is 1. The number of aromatic nitrogens is 2. The van der Waals surface area contributed by atoms with Crippen molar-refractivity contribution >= 4 is 28.7 Å². The van der Waals surface area contributed by atoms with Gasteiger partial charge >= 0.3 is 0 Å². The summed E-state index contributed by atoms with van der Waals surface area (Å²) in [6.45, 7) is 0.392. The molecule has 0 N–H and O–H groups in total. The first-order valence-corrected chi connectivity index (χ1v) is 9.79. The van der Waals surface area contributed by atoms with Crippen LogP contribution in [0.15, 0.2) is 24.3 Å². The Kier molecular flexibility index (Phi) is 5.26. The van der Waals surface area contributed by atoms with Gasteiger partial charge in [0, 0.05) is 13.1 Å². The van der Waals surface area contributed by atoms with Gasteiger partial charge in [-0.1, -0.05) is 31.4 Å². The normalized spacial score (nSPS) is 15.9. The van der Waals surface area contributed by atoms with Crippen LogP contribution in [-0.4, -0.2) is 39.7 Å². The Balaban J connectivity index is 1.81. The lowest BCUT2D eigenvalue weighted by atomic mass is 9.94. The fraction of sp³-hybridized carbons (Fsp3) is 0.556. The van der Waals surface area contributed by atoms with Gasteiger partial charge in [0.2, 0.25) is 5.91 Å². The Bertz CT molecular complexity index is 676. The molecule has 0 atom stereocenters. The van der Waals surface area contributed by atoms with Crippen LogP contribution in [0.5, 0.6) is 0 Å². The molecule has 1 heterocycles. The second-order valence-corrected chi connectivity index (χ2v) is 7.20. The van der Waals surface area contributed by atoms with Crippen molar-refractivity contribution in [1.82, 2.24) is 14.5 Å². The number of para-hydroxylation sites is 2. The fourth-order valence-electron chi connectivity index (χ4n) is 3.46. The van der Waals surface area contributed by atoms with Crippen molar-refractivity contribution in [3.05, 3.63) is 30.1 Å². The van der Waals surface area contributed by atoms with Gasteiger partial charge in [0.05, 0.1) is 16.8 Å². The third-order valence-corrected chi connectivity index (χ3v) is 5.36. The van der Waals surface area contributed by atoms with Gasteiger partial charge in [0.25, 0.3) is 0 Å². The summed E-state index contributed by atoms with van der Waals surface area (Å²) in [7, 11) is 1.96. The zero-order valence-corrected chi connectivity index (χ0v) is 14.8. The second-order valence-electron chi connectivity index (χ2n) is 6.33. The molecular weight excluding hydrogens is 306 g/mol. The van der Waals surface area contributed by atoms with Crippen molar-refractivity contribution in [3.8, 4) is 0 Å². The summed E-state index contributed by atoms with van der Waals surface area (Å²) in [6.07, 6.45) is 8.15. The minimum absolute atomic E-state index is 0.197. The van der Waals surface area contributed by atoms with E-state index in [-0.39, 0.29) is 5.91 Å². The Morgan fingerprint density at radius 1 is 1.30 bits per heavy atom. The highest BCUT2D eigenvalue weighted by molar-refractivity contribution is 7.97. The highest BCUT2D eigenvalue weighted by atomic mass is 32.2. The first-order chi connectivity index (χ1) is 11.2. The van der Waals surface area contributed by atoms with E-state index in [4.69, 9.17) is 4.98 Å². The van der Waals surface area contributed by atoms with Gasteiger partial charge in [-0.25, -0.2) is 4.98 Å². The van der Waals surface area contributed by atoms with Crippen LogP contribution in [0.2, 0.25) is 0 Å². The summed E-state index contributed by atoms with van der Waals surface area (Å²) < 4.78 is 2.09.